The maximum Gasteiger partial charge on any atom is 0.310 e. The van der Waals surface area contributed by atoms with E-state index in [9.17, 15) is 4.79 Å². The van der Waals surface area contributed by atoms with Crippen molar-refractivity contribution < 1.29 is 13.9 Å². The molecule has 0 saturated heterocycles. The second-order valence-electron chi connectivity index (χ2n) is 4.18. The lowest BCUT2D eigenvalue weighted by Crippen LogP contribution is -2.06. The van der Waals surface area contributed by atoms with Crippen LogP contribution in [-0.2, 0) is 16.0 Å². The third-order valence-corrected chi connectivity index (χ3v) is 2.91. The summed E-state index contributed by atoms with van der Waals surface area (Å²) in [4.78, 5) is 11.4. The number of hydrogen-bond acceptors (Lipinski definition) is 3. The van der Waals surface area contributed by atoms with Gasteiger partial charge in [-0.15, -0.1) is 0 Å². The lowest BCUT2D eigenvalue weighted by atomic mass is 10.0. The number of esters is 1. The van der Waals surface area contributed by atoms with Crippen LogP contribution in [0.5, 0.6) is 0 Å². The molecule has 0 atom stereocenters. The molecule has 0 amide bonds. The molecule has 0 aliphatic rings. The minimum atomic E-state index is -0.214. The molecule has 0 N–H and O–H groups in total. The van der Waals surface area contributed by atoms with E-state index in [1.165, 1.54) is 11.1 Å². The predicted octanol–water partition coefficient (Wildman–Crippen LogP) is 3.16. The maximum atomic E-state index is 11.4. The van der Waals surface area contributed by atoms with Crippen molar-refractivity contribution in [3.63, 3.8) is 0 Å². The molecule has 1 heterocycles. The summed E-state index contributed by atoms with van der Waals surface area (Å²) in [5, 5.41) is 1.00. The Balaban J connectivity index is 2.36. The molecule has 3 heteroatoms. The summed E-state index contributed by atoms with van der Waals surface area (Å²) in [5.74, 6) is -0.214. The number of benzene rings is 1. The number of hydrogen-bond donors (Lipinski definition) is 0. The van der Waals surface area contributed by atoms with E-state index in [-0.39, 0.29) is 12.4 Å². The number of carbonyl (C=O) groups is 1. The maximum absolute atomic E-state index is 11.4. The Morgan fingerprint density at radius 2 is 2.00 bits per heavy atom. The van der Waals surface area contributed by atoms with Crippen LogP contribution in [-0.4, -0.2) is 12.6 Å². The average Bonchev–Trinajstić information content (AvgIpc) is 2.63. The fourth-order valence-corrected chi connectivity index (χ4v) is 1.84. The highest BCUT2D eigenvalue weighted by molar-refractivity contribution is 5.86. The normalized spacial score (nSPS) is 10.8. The zero-order valence-electron chi connectivity index (χ0n) is 10.4. The molecule has 0 aliphatic heterocycles. The Morgan fingerprint density at radius 1 is 1.29 bits per heavy atom. The van der Waals surface area contributed by atoms with Crippen molar-refractivity contribution >= 4 is 16.9 Å². The van der Waals surface area contributed by atoms with Gasteiger partial charge in [-0.25, -0.2) is 0 Å². The van der Waals surface area contributed by atoms with E-state index in [0.29, 0.717) is 6.61 Å². The van der Waals surface area contributed by atoms with Crippen LogP contribution < -0.4 is 0 Å². The van der Waals surface area contributed by atoms with Gasteiger partial charge in [0.25, 0.3) is 0 Å². The lowest BCUT2D eigenvalue weighted by Gasteiger charge is -2.02. The molecule has 17 heavy (non-hydrogen) atoms. The Kier molecular flexibility index (Phi) is 3.18. The van der Waals surface area contributed by atoms with E-state index in [2.05, 4.69) is 13.0 Å². The highest BCUT2D eigenvalue weighted by atomic mass is 16.5. The van der Waals surface area contributed by atoms with Crippen molar-refractivity contribution in [2.75, 3.05) is 6.61 Å². The molecule has 0 saturated carbocycles. The van der Waals surface area contributed by atoms with Crippen LogP contribution >= 0.6 is 0 Å². The van der Waals surface area contributed by atoms with Crippen molar-refractivity contribution in [2.24, 2.45) is 0 Å². The van der Waals surface area contributed by atoms with Gasteiger partial charge in [0.15, 0.2) is 0 Å². The first-order chi connectivity index (χ1) is 8.11. The summed E-state index contributed by atoms with van der Waals surface area (Å²) in [5.41, 5.74) is 4.10. The fraction of sp³-hybridized carbons (Fsp3) is 0.357. The minimum Gasteiger partial charge on any atom is -0.466 e. The summed E-state index contributed by atoms with van der Waals surface area (Å²) in [6, 6.07) is 4.06. The second-order valence-corrected chi connectivity index (χ2v) is 4.18. The Hall–Kier alpha value is -1.77. The molecule has 2 aromatic rings. The number of ether oxygens (including phenoxy) is 1. The van der Waals surface area contributed by atoms with Crippen molar-refractivity contribution in [1.82, 2.24) is 0 Å². The summed E-state index contributed by atoms with van der Waals surface area (Å²) >= 11 is 0. The Bertz CT molecular complexity index is 552. The van der Waals surface area contributed by atoms with E-state index in [0.717, 1.165) is 16.5 Å². The molecule has 0 radical (unpaired) electrons. The van der Waals surface area contributed by atoms with Gasteiger partial charge in [0.2, 0.25) is 0 Å². The van der Waals surface area contributed by atoms with Gasteiger partial charge in [-0.1, -0.05) is 0 Å². The Labute approximate surface area is 100 Å². The largest absolute Gasteiger partial charge is 0.466 e. The standard InChI is InChI=1S/C14H16O3/c1-4-16-14(15)7-11-8-17-13-6-10(3)9(2)5-12(11)13/h5-6,8H,4,7H2,1-3H3. The molecular formula is C14H16O3. The first kappa shape index (κ1) is 11.7. The average molecular weight is 232 g/mol. The zero-order valence-corrected chi connectivity index (χ0v) is 10.4. The predicted molar refractivity (Wildman–Crippen MR) is 66.0 cm³/mol. The van der Waals surface area contributed by atoms with Crippen LogP contribution in [0, 0.1) is 13.8 Å². The third-order valence-electron chi connectivity index (χ3n) is 2.91. The summed E-state index contributed by atoms with van der Waals surface area (Å²) in [6.07, 6.45) is 1.91. The molecule has 90 valence electrons. The van der Waals surface area contributed by atoms with E-state index in [1.807, 2.05) is 13.0 Å². The van der Waals surface area contributed by atoms with E-state index in [1.54, 1.807) is 13.2 Å². The number of rotatable bonds is 3. The van der Waals surface area contributed by atoms with Crippen LogP contribution in [0.1, 0.15) is 23.6 Å². The van der Waals surface area contributed by atoms with E-state index in [4.69, 9.17) is 9.15 Å². The monoisotopic (exact) mass is 232 g/mol. The van der Waals surface area contributed by atoms with Gasteiger partial charge in [0.05, 0.1) is 19.3 Å². The van der Waals surface area contributed by atoms with Crippen molar-refractivity contribution in [2.45, 2.75) is 27.2 Å². The first-order valence-corrected chi connectivity index (χ1v) is 5.74. The van der Waals surface area contributed by atoms with Gasteiger partial charge in [-0.3, -0.25) is 4.79 Å². The minimum absolute atomic E-state index is 0.214. The molecule has 0 bridgehead atoms. The molecule has 1 aromatic heterocycles. The number of aryl methyl sites for hydroxylation is 2. The fourth-order valence-electron chi connectivity index (χ4n) is 1.84. The van der Waals surface area contributed by atoms with Gasteiger partial charge in [0.1, 0.15) is 5.58 Å². The number of fused-ring (bicyclic) bond motifs is 1. The number of furan rings is 1. The smallest absolute Gasteiger partial charge is 0.310 e. The molecule has 0 fully saturated rings. The van der Waals surface area contributed by atoms with Crippen molar-refractivity contribution in [3.05, 3.63) is 35.1 Å². The van der Waals surface area contributed by atoms with E-state index >= 15 is 0 Å². The summed E-state index contributed by atoms with van der Waals surface area (Å²) < 4.78 is 10.4. The highest BCUT2D eigenvalue weighted by Crippen LogP contribution is 2.25. The second kappa shape index (κ2) is 4.62. The first-order valence-electron chi connectivity index (χ1n) is 5.74. The van der Waals surface area contributed by atoms with Crippen LogP contribution in [0.4, 0.5) is 0 Å². The van der Waals surface area contributed by atoms with Crippen molar-refractivity contribution in [1.29, 1.82) is 0 Å². The quantitative estimate of drug-likeness (QED) is 0.763. The van der Waals surface area contributed by atoms with Gasteiger partial charge in [-0.2, -0.15) is 0 Å². The van der Waals surface area contributed by atoms with Crippen LogP contribution in [0.25, 0.3) is 11.0 Å². The van der Waals surface area contributed by atoms with Gasteiger partial charge in [-0.05, 0) is 44.0 Å². The van der Waals surface area contributed by atoms with Crippen LogP contribution in [0.2, 0.25) is 0 Å². The topological polar surface area (TPSA) is 39.4 Å². The molecule has 3 nitrogen and oxygen atoms in total. The number of carbonyl (C=O) groups excluding carboxylic acids is 1. The molecule has 0 unspecified atom stereocenters. The third kappa shape index (κ3) is 2.33. The van der Waals surface area contributed by atoms with Gasteiger partial charge >= 0.3 is 5.97 Å². The van der Waals surface area contributed by atoms with Crippen LogP contribution in [0.15, 0.2) is 22.8 Å². The van der Waals surface area contributed by atoms with E-state index < -0.39 is 0 Å². The Morgan fingerprint density at radius 3 is 2.71 bits per heavy atom. The SMILES string of the molecule is CCOC(=O)Cc1coc2cc(C)c(C)cc12. The highest BCUT2D eigenvalue weighted by Gasteiger charge is 2.11. The summed E-state index contributed by atoms with van der Waals surface area (Å²) in [7, 11) is 0. The molecule has 1 aromatic carbocycles. The van der Waals surface area contributed by atoms with Crippen LogP contribution in [0.3, 0.4) is 0 Å². The molecule has 0 aliphatic carbocycles. The molecule has 2 rings (SSSR count). The van der Waals surface area contributed by atoms with Gasteiger partial charge < -0.3 is 9.15 Å². The molecular weight excluding hydrogens is 216 g/mol. The zero-order chi connectivity index (χ0) is 12.4. The molecule has 0 spiro atoms. The lowest BCUT2D eigenvalue weighted by molar-refractivity contribution is -0.142. The van der Waals surface area contributed by atoms with Crippen molar-refractivity contribution in [3.8, 4) is 0 Å². The van der Waals surface area contributed by atoms with Gasteiger partial charge in [0, 0.05) is 10.9 Å². The summed E-state index contributed by atoms with van der Waals surface area (Å²) in [6.45, 7) is 6.31.